The summed E-state index contributed by atoms with van der Waals surface area (Å²) in [7, 11) is 0. The van der Waals surface area contributed by atoms with Gasteiger partial charge in [-0.15, -0.1) is 0 Å². The van der Waals surface area contributed by atoms with Crippen LogP contribution in [0, 0.1) is 0 Å². The molecule has 2 N–H and O–H groups in total. The van der Waals surface area contributed by atoms with Crippen LogP contribution in [0.2, 0.25) is 0 Å². The maximum Gasteiger partial charge on any atom is 0.310 e. The zero-order valence-electron chi connectivity index (χ0n) is 12.1. The van der Waals surface area contributed by atoms with Gasteiger partial charge in [-0.25, -0.2) is 0 Å². The number of aliphatic hydroxyl groups is 1. The van der Waals surface area contributed by atoms with E-state index in [9.17, 15) is 9.90 Å². The van der Waals surface area contributed by atoms with Gasteiger partial charge in [0.25, 0.3) is 0 Å². The summed E-state index contributed by atoms with van der Waals surface area (Å²) < 4.78 is 5.58. The quantitative estimate of drug-likeness (QED) is 0.839. The number of hydrogen-bond donors (Lipinski definition) is 2. The van der Waals surface area contributed by atoms with E-state index in [4.69, 9.17) is 9.84 Å². The summed E-state index contributed by atoms with van der Waals surface area (Å²) in [6, 6.07) is 5.89. The molecule has 0 bridgehead atoms. The lowest BCUT2D eigenvalue weighted by atomic mass is 9.86. The third-order valence-electron chi connectivity index (χ3n) is 3.80. The average molecular weight is 278 g/mol. The molecule has 4 heteroatoms. The third-order valence-corrected chi connectivity index (χ3v) is 3.80. The maximum absolute atomic E-state index is 11.0. The zero-order chi connectivity index (χ0) is 14.8. The van der Waals surface area contributed by atoms with Crippen molar-refractivity contribution in [3.8, 4) is 5.75 Å². The van der Waals surface area contributed by atoms with Crippen molar-refractivity contribution in [3.05, 3.63) is 29.3 Å². The summed E-state index contributed by atoms with van der Waals surface area (Å²) in [4.78, 5) is 11.0. The van der Waals surface area contributed by atoms with Crippen LogP contribution in [0.4, 0.5) is 0 Å². The summed E-state index contributed by atoms with van der Waals surface area (Å²) in [6.45, 7) is 4.14. The second-order valence-corrected chi connectivity index (χ2v) is 5.48. The first-order chi connectivity index (χ1) is 9.50. The topological polar surface area (TPSA) is 66.8 Å². The summed E-state index contributed by atoms with van der Waals surface area (Å²) >= 11 is 0. The zero-order valence-corrected chi connectivity index (χ0v) is 12.1. The molecular weight excluding hydrogens is 256 g/mol. The molecule has 1 aromatic rings. The highest BCUT2D eigenvalue weighted by atomic mass is 16.6. The Hall–Kier alpha value is -1.55. The van der Waals surface area contributed by atoms with Crippen LogP contribution in [-0.4, -0.2) is 22.0 Å². The number of aliphatic carboxylic acids is 1. The fourth-order valence-corrected chi connectivity index (χ4v) is 2.96. The van der Waals surface area contributed by atoms with Gasteiger partial charge in [0.1, 0.15) is 12.2 Å². The van der Waals surface area contributed by atoms with Crippen LogP contribution in [0.25, 0.3) is 0 Å². The van der Waals surface area contributed by atoms with Gasteiger partial charge in [0.2, 0.25) is 5.79 Å². The van der Waals surface area contributed by atoms with Crippen LogP contribution in [0.1, 0.15) is 56.6 Å². The first kappa shape index (κ1) is 14.9. The smallest absolute Gasteiger partial charge is 0.310 e. The lowest BCUT2D eigenvalue weighted by Gasteiger charge is -2.27. The van der Waals surface area contributed by atoms with Gasteiger partial charge >= 0.3 is 5.97 Å². The van der Waals surface area contributed by atoms with Crippen molar-refractivity contribution in [1.29, 1.82) is 0 Å². The van der Waals surface area contributed by atoms with Crippen molar-refractivity contribution in [1.82, 2.24) is 0 Å². The fraction of sp³-hybridized carbons (Fsp3) is 0.562. The Bertz CT molecular complexity index is 497. The van der Waals surface area contributed by atoms with Gasteiger partial charge in [-0.05, 0) is 24.5 Å². The average Bonchev–Trinajstić information content (AvgIpc) is 2.62. The molecule has 0 aromatic heterocycles. The maximum atomic E-state index is 11.0. The van der Waals surface area contributed by atoms with E-state index in [0.29, 0.717) is 12.2 Å². The van der Waals surface area contributed by atoms with Gasteiger partial charge in [0.15, 0.2) is 0 Å². The minimum Gasteiger partial charge on any atom is -0.481 e. The van der Waals surface area contributed by atoms with E-state index in [1.807, 2.05) is 19.1 Å². The van der Waals surface area contributed by atoms with E-state index in [2.05, 4.69) is 13.0 Å². The molecule has 2 rings (SSSR count). The lowest BCUT2D eigenvalue weighted by molar-refractivity contribution is -0.170. The number of aryl methyl sites for hydroxylation is 1. The molecule has 0 aliphatic carbocycles. The molecule has 110 valence electrons. The highest BCUT2D eigenvalue weighted by Gasteiger charge is 2.48. The largest absolute Gasteiger partial charge is 0.481 e. The first-order valence-corrected chi connectivity index (χ1v) is 7.26. The minimum atomic E-state index is -1.62. The van der Waals surface area contributed by atoms with Crippen LogP contribution < -0.4 is 4.74 Å². The SMILES string of the molecule is CCCc1ccc2c(c1)[C@H](CCC)[C@](O)(CC(=O)O)O2. The molecule has 1 aliphatic rings. The monoisotopic (exact) mass is 278 g/mol. The van der Waals surface area contributed by atoms with Crippen LogP contribution in [0.5, 0.6) is 5.75 Å². The van der Waals surface area contributed by atoms with Gasteiger partial charge < -0.3 is 14.9 Å². The van der Waals surface area contributed by atoms with Crippen molar-refractivity contribution < 1.29 is 19.7 Å². The van der Waals surface area contributed by atoms with E-state index < -0.39 is 18.2 Å². The third kappa shape index (κ3) is 2.80. The second-order valence-electron chi connectivity index (χ2n) is 5.48. The molecule has 0 radical (unpaired) electrons. The highest BCUT2D eigenvalue weighted by Crippen LogP contribution is 2.47. The lowest BCUT2D eigenvalue weighted by Crippen LogP contribution is -2.40. The molecule has 1 aliphatic heterocycles. The van der Waals surface area contributed by atoms with Crippen molar-refractivity contribution >= 4 is 5.97 Å². The number of carboxylic acids is 1. The molecule has 0 unspecified atom stereocenters. The number of fused-ring (bicyclic) bond motifs is 1. The van der Waals surface area contributed by atoms with Crippen LogP contribution >= 0.6 is 0 Å². The van der Waals surface area contributed by atoms with Crippen molar-refractivity contribution in [2.24, 2.45) is 0 Å². The number of carboxylic acid groups (broad SMARTS) is 1. The predicted molar refractivity (Wildman–Crippen MR) is 75.9 cm³/mol. The van der Waals surface area contributed by atoms with Gasteiger partial charge in [0, 0.05) is 5.56 Å². The molecule has 2 atom stereocenters. The van der Waals surface area contributed by atoms with E-state index in [0.717, 1.165) is 24.8 Å². The first-order valence-electron chi connectivity index (χ1n) is 7.26. The van der Waals surface area contributed by atoms with Gasteiger partial charge in [-0.3, -0.25) is 4.79 Å². The fourth-order valence-electron chi connectivity index (χ4n) is 2.96. The normalized spacial score (nSPS) is 24.2. The van der Waals surface area contributed by atoms with Crippen molar-refractivity contribution in [2.75, 3.05) is 0 Å². The highest BCUT2D eigenvalue weighted by molar-refractivity contribution is 5.68. The number of rotatable bonds is 6. The number of hydrogen-bond acceptors (Lipinski definition) is 3. The molecule has 20 heavy (non-hydrogen) atoms. The van der Waals surface area contributed by atoms with E-state index in [1.54, 1.807) is 0 Å². The van der Waals surface area contributed by atoms with Crippen LogP contribution in [0.3, 0.4) is 0 Å². The number of carbonyl (C=O) groups is 1. The summed E-state index contributed by atoms with van der Waals surface area (Å²) in [6.07, 6.45) is 3.22. The van der Waals surface area contributed by atoms with Crippen molar-refractivity contribution in [3.63, 3.8) is 0 Å². The van der Waals surface area contributed by atoms with Crippen molar-refractivity contribution in [2.45, 2.75) is 57.7 Å². The Balaban J connectivity index is 2.35. The Labute approximate surface area is 119 Å². The molecule has 1 aromatic carbocycles. The Morgan fingerprint density at radius 1 is 1.35 bits per heavy atom. The Morgan fingerprint density at radius 3 is 2.70 bits per heavy atom. The molecule has 0 spiro atoms. The summed E-state index contributed by atoms with van der Waals surface area (Å²) in [5, 5.41) is 19.6. The van der Waals surface area contributed by atoms with E-state index in [1.165, 1.54) is 5.56 Å². The van der Waals surface area contributed by atoms with Gasteiger partial charge in [-0.2, -0.15) is 0 Å². The number of benzene rings is 1. The van der Waals surface area contributed by atoms with Crippen LogP contribution in [0.15, 0.2) is 18.2 Å². The molecule has 0 saturated carbocycles. The molecule has 4 nitrogen and oxygen atoms in total. The summed E-state index contributed by atoms with van der Waals surface area (Å²) in [5.41, 5.74) is 2.15. The molecule has 0 amide bonds. The minimum absolute atomic E-state index is 0.268. The number of ether oxygens (including phenoxy) is 1. The van der Waals surface area contributed by atoms with Crippen LogP contribution in [-0.2, 0) is 11.2 Å². The molecular formula is C16H22O4. The molecule has 0 saturated heterocycles. The molecule has 1 heterocycles. The van der Waals surface area contributed by atoms with Gasteiger partial charge in [-0.1, -0.05) is 38.8 Å². The van der Waals surface area contributed by atoms with Gasteiger partial charge in [0.05, 0.1) is 5.92 Å². The predicted octanol–water partition coefficient (Wildman–Crippen LogP) is 3.08. The molecule has 0 fully saturated rings. The second kappa shape index (κ2) is 5.83. The van der Waals surface area contributed by atoms with E-state index in [-0.39, 0.29) is 5.92 Å². The standard InChI is InChI=1S/C16H22O4/c1-3-5-11-7-8-14-12(9-11)13(6-4-2)16(19,20-14)10-15(17)18/h7-9,13,19H,3-6,10H2,1-2H3,(H,17,18)/t13-,16-/m0/s1. The Morgan fingerprint density at radius 2 is 2.10 bits per heavy atom. The van der Waals surface area contributed by atoms with E-state index >= 15 is 0 Å². The Kier molecular flexibility index (Phi) is 4.33. The summed E-state index contributed by atoms with van der Waals surface area (Å²) in [5.74, 6) is -2.31.